The van der Waals surface area contributed by atoms with Crippen LogP contribution in [-0.4, -0.2) is 32.3 Å². The van der Waals surface area contributed by atoms with E-state index in [1.54, 1.807) is 37.3 Å². The second-order valence-electron chi connectivity index (χ2n) is 7.26. The Balaban J connectivity index is 1.83. The van der Waals surface area contributed by atoms with Gasteiger partial charge in [0.05, 0.1) is 18.6 Å². The van der Waals surface area contributed by atoms with Crippen molar-refractivity contribution >= 4 is 27.5 Å². The number of carbonyl (C=O) groups excluding carboxylic acids is 1. The highest BCUT2D eigenvalue weighted by Crippen LogP contribution is 2.25. The molecule has 0 aliphatic heterocycles. The smallest absolute Gasteiger partial charge is 0.243 e. The minimum atomic E-state index is -3.94. The Morgan fingerprint density at radius 3 is 2.38 bits per heavy atom. The third kappa shape index (κ3) is 5.88. The summed E-state index contributed by atoms with van der Waals surface area (Å²) in [5, 5.41) is 3.30. The first-order chi connectivity index (χ1) is 15.3. The van der Waals surface area contributed by atoms with E-state index in [9.17, 15) is 13.2 Å². The van der Waals surface area contributed by atoms with E-state index in [-0.39, 0.29) is 24.5 Å². The Kier molecular flexibility index (Phi) is 7.90. The fourth-order valence-corrected chi connectivity index (χ4v) is 4.90. The molecule has 0 aliphatic carbocycles. The van der Waals surface area contributed by atoms with Crippen LogP contribution in [0.15, 0.2) is 77.7 Å². The number of nitrogens with zero attached hydrogens (tertiary/aromatic N) is 1. The van der Waals surface area contributed by atoms with E-state index in [4.69, 9.17) is 16.3 Å². The fraction of sp³-hybridized carbons (Fsp3) is 0.208. The van der Waals surface area contributed by atoms with Crippen molar-refractivity contribution in [3.05, 3.63) is 94.5 Å². The summed E-state index contributed by atoms with van der Waals surface area (Å²) < 4.78 is 33.3. The van der Waals surface area contributed by atoms with Crippen LogP contribution in [0, 0.1) is 6.92 Å². The number of aryl methyl sites for hydroxylation is 1. The van der Waals surface area contributed by atoms with Crippen molar-refractivity contribution in [2.45, 2.75) is 24.9 Å². The van der Waals surface area contributed by atoms with Gasteiger partial charge in [-0.2, -0.15) is 4.31 Å². The highest BCUT2D eigenvalue weighted by atomic mass is 35.5. The topological polar surface area (TPSA) is 75.7 Å². The van der Waals surface area contributed by atoms with Crippen LogP contribution in [0.5, 0.6) is 5.75 Å². The SMILES string of the molecule is COc1ccc(S(=O)(=O)N(CC(=O)NCc2ccccc2Cl)Cc2ccccc2)cc1C. The minimum Gasteiger partial charge on any atom is -0.496 e. The predicted octanol–water partition coefficient (Wildman–Crippen LogP) is 4.16. The number of benzene rings is 3. The van der Waals surface area contributed by atoms with E-state index >= 15 is 0 Å². The number of hydrogen-bond acceptors (Lipinski definition) is 4. The van der Waals surface area contributed by atoms with Gasteiger partial charge in [0.1, 0.15) is 5.75 Å². The predicted molar refractivity (Wildman–Crippen MR) is 125 cm³/mol. The van der Waals surface area contributed by atoms with E-state index < -0.39 is 15.9 Å². The molecule has 3 aromatic rings. The highest BCUT2D eigenvalue weighted by Gasteiger charge is 2.27. The summed E-state index contributed by atoms with van der Waals surface area (Å²) in [5.74, 6) is 0.172. The van der Waals surface area contributed by atoms with E-state index in [0.717, 1.165) is 11.1 Å². The Morgan fingerprint density at radius 2 is 1.72 bits per heavy atom. The minimum absolute atomic E-state index is 0.0633. The maximum atomic E-state index is 13.4. The zero-order valence-electron chi connectivity index (χ0n) is 17.9. The first kappa shape index (κ1) is 23.8. The van der Waals surface area contributed by atoms with E-state index in [1.807, 2.05) is 36.4 Å². The largest absolute Gasteiger partial charge is 0.496 e. The van der Waals surface area contributed by atoms with E-state index in [0.29, 0.717) is 16.3 Å². The van der Waals surface area contributed by atoms with Crippen molar-refractivity contribution in [3.8, 4) is 5.75 Å². The molecule has 0 spiro atoms. The molecular formula is C24H25ClN2O4S. The second kappa shape index (κ2) is 10.6. The number of hydrogen-bond donors (Lipinski definition) is 1. The quantitative estimate of drug-likeness (QED) is 0.507. The van der Waals surface area contributed by atoms with Crippen molar-refractivity contribution in [2.24, 2.45) is 0 Å². The molecule has 0 heterocycles. The first-order valence-electron chi connectivity index (χ1n) is 10.00. The van der Waals surface area contributed by atoms with Crippen molar-refractivity contribution < 1.29 is 17.9 Å². The van der Waals surface area contributed by atoms with Crippen LogP contribution >= 0.6 is 11.6 Å². The summed E-state index contributed by atoms with van der Waals surface area (Å²) >= 11 is 6.15. The number of amides is 1. The molecule has 3 rings (SSSR count). The molecule has 1 N–H and O–H groups in total. The number of halogens is 1. The molecular weight excluding hydrogens is 448 g/mol. The van der Waals surface area contributed by atoms with E-state index in [1.165, 1.54) is 17.5 Å². The highest BCUT2D eigenvalue weighted by molar-refractivity contribution is 7.89. The van der Waals surface area contributed by atoms with Gasteiger partial charge in [-0.25, -0.2) is 8.42 Å². The summed E-state index contributed by atoms with van der Waals surface area (Å²) in [5.41, 5.74) is 2.22. The lowest BCUT2D eigenvalue weighted by atomic mass is 10.2. The van der Waals surface area contributed by atoms with Crippen molar-refractivity contribution in [1.82, 2.24) is 9.62 Å². The molecule has 0 unspecified atom stereocenters. The number of ether oxygens (including phenoxy) is 1. The second-order valence-corrected chi connectivity index (χ2v) is 9.60. The Labute approximate surface area is 193 Å². The molecule has 0 atom stereocenters. The third-order valence-electron chi connectivity index (χ3n) is 4.96. The molecule has 0 fully saturated rings. The van der Waals surface area contributed by atoms with Crippen molar-refractivity contribution in [3.63, 3.8) is 0 Å². The molecule has 0 bridgehead atoms. The summed E-state index contributed by atoms with van der Waals surface area (Å²) in [4.78, 5) is 12.8. The van der Waals surface area contributed by atoms with Crippen LogP contribution in [0.1, 0.15) is 16.7 Å². The molecule has 8 heteroatoms. The van der Waals surface area contributed by atoms with Crippen LogP contribution in [0.4, 0.5) is 0 Å². The van der Waals surface area contributed by atoms with Gasteiger partial charge in [-0.1, -0.05) is 60.1 Å². The molecule has 0 radical (unpaired) electrons. The molecule has 0 aromatic heterocycles. The van der Waals surface area contributed by atoms with Gasteiger partial charge in [-0.3, -0.25) is 4.79 Å². The molecule has 6 nitrogen and oxygen atoms in total. The van der Waals surface area contributed by atoms with Gasteiger partial charge >= 0.3 is 0 Å². The lowest BCUT2D eigenvalue weighted by molar-refractivity contribution is -0.121. The molecule has 3 aromatic carbocycles. The summed E-state index contributed by atoms with van der Waals surface area (Å²) in [6.45, 7) is 1.72. The number of rotatable bonds is 9. The summed E-state index contributed by atoms with van der Waals surface area (Å²) in [7, 11) is -2.41. The van der Waals surface area contributed by atoms with Gasteiger partial charge in [-0.05, 0) is 47.9 Å². The lowest BCUT2D eigenvalue weighted by Gasteiger charge is -2.22. The Hall–Kier alpha value is -2.87. The normalized spacial score (nSPS) is 11.4. The van der Waals surface area contributed by atoms with Gasteiger partial charge < -0.3 is 10.1 Å². The van der Waals surface area contributed by atoms with Crippen LogP contribution in [-0.2, 0) is 27.9 Å². The average molecular weight is 473 g/mol. The van der Waals surface area contributed by atoms with Gasteiger partial charge in [0.15, 0.2) is 0 Å². The van der Waals surface area contributed by atoms with Gasteiger partial charge in [0.25, 0.3) is 0 Å². The molecule has 0 saturated heterocycles. The maximum absolute atomic E-state index is 13.4. The zero-order chi connectivity index (χ0) is 23.1. The van der Waals surface area contributed by atoms with Crippen LogP contribution in [0.3, 0.4) is 0 Å². The molecule has 0 aliphatic rings. The number of nitrogens with one attached hydrogen (secondary N) is 1. The van der Waals surface area contributed by atoms with Gasteiger partial charge in [0.2, 0.25) is 15.9 Å². The summed E-state index contributed by atoms with van der Waals surface area (Å²) in [6, 6.07) is 21.0. The third-order valence-corrected chi connectivity index (χ3v) is 7.12. The average Bonchev–Trinajstić information content (AvgIpc) is 2.78. The number of carbonyl (C=O) groups is 1. The van der Waals surface area contributed by atoms with Crippen LogP contribution < -0.4 is 10.1 Å². The molecule has 32 heavy (non-hydrogen) atoms. The monoisotopic (exact) mass is 472 g/mol. The Morgan fingerprint density at radius 1 is 1.03 bits per heavy atom. The van der Waals surface area contributed by atoms with Gasteiger partial charge in [0, 0.05) is 18.1 Å². The maximum Gasteiger partial charge on any atom is 0.243 e. The molecule has 168 valence electrons. The van der Waals surface area contributed by atoms with Crippen molar-refractivity contribution in [2.75, 3.05) is 13.7 Å². The molecule has 0 saturated carbocycles. The fourth-order valence-electron chi connectivity index (χ4n) is 3.23. The van der Waals surface area contributed by atoms with Gasteiger partial charge in [-0.15, -0.1) is 0 Å². The number of methoxy groups -OCH3 is 1. The van der Waals surface area contributed by atoms with Crippen molar-refractivity contribution in [1.29, 1.82) is 0 Å². The Bertz CT molecular complexity index is 1180. The zero-order valence-corrected chi connectivity index (χ0v) is 19.5. The van der Waals surface area contributed by atoms with Crippen LogP contribution in [0.2, 0.25) is 5.02 Å². The van der Waals surface area contributed by atoms with E-state index in [2.05, 4.69) is 5.32 Å². The van der Waals surface area contributed by atoms with Crippen LogP contribution in [0.25, 0.3) is 0 Å². The summed E-state index contributed by atoms with van der Waals surface area (Å²) in [6.07, 6.45) is 0. The first-order valence-corrected chi connectivity index (χ1v) is 11.8. The standard InChI is InChI=1S/C24H25ClN2O4S/c1-18-14-21(12-13-23(18)31-2)32(29,30)27(16-19-8-4-3-5-9-19)17-24(28)26-15-20-10-6-7-11-22(20)25/h3-14H,15-17H2,1-2H3,(H,26,28). The number of sulfonamides is 1. The lowest BCUT2D eigenvalue weighted by Crippen LogP contribution is -2.40. The molecule has 1 amide bonds.